The number of rotatable bonds is 8. The van der Waals surface area contributed by atoms with Crippen LogP contribution in [0.25, 0.3) is 22.2 Å². The highest BCUT2D eigenvalue weighted by Gasteiger charge is 2.18. The summed E-state index contributed by atoms with van der Waals surface area (Å²) >= 11 is 0. The zero-order chi connectivity index (χ0) is 20.1. The number of anilines is 1. The first-order valence-electron chi connectivity index (χ1n) is 10.5. The largest absolute Gasteiger partial charge is 0.382 e. The SMILES string of the molecule is COCCOCc1cc(NC2CCN(C)CC2)c2[nH]c(-c3ccccc3)cc2c1. The number of methoxy groups -OCH3 is 1. The highest BCUT2D eigenvalue weighted by Crippen LogP contribution is 2.31. The number of likely N-dealkylation sites (tertiary alicyclic amines) is 1. The van der Waals surface area contributed by atoms with Crippen molar-refractivity contribution in [3.63, 3.8) is 0 Å². The molecule has 1 aromatic heterocycles. The maximum Gasteiger partial charge on any atom is 0.0719 e. The van der Waals surface area contributed by atoms with E-state index in [2.05, 4.69) is 70.8 Å². The summed E-state index contributed by atoms with van der Waals surface area (Å²) in [5.41, 5.74) is 5.87. The summed E-state index contributed by atoms with van der Waals surface area (Å²) in [4.78, 5) is 6.05. The topological polar surface area (TPSA) is 49.5 Å². The van der Waals surface area contributed by atoms with Crippen LogP contribution in [0, 0.1) is 0 Å². The van der Waals surface area contributed by atoms with E-state index >= 15 is 0 Å². The van der Waals surface area contributed by atoms with Crippen molar-refractivity contribution in [3.8, 4) is 11.3 Å². The number of H-pyrrole nitrogens is 1. The molecule has 2 N–H and O–H groups in total. The van der Waals surface area contributed by atoms with Crippen LogP contribution in [0.1, 0.15) is 18.4 Å². The van der Waals surface area contributed by atoms with Crippen LogP contribution in [0.15, 0.2) is 48.5 Å². The van der Waals surface area contributed by atoms with Crippen LogP contribution < -0.4 is 5.32 Å². The average Bonchev–Trinajstić information content (AvgIpc) is 3.18. The minimum atomic E-state index is 0.502. The first-order chi connectivity index (χ1) is 14.2. The maximum atomic E-state index is 5.79. The molecule has 1 aliphatic heterocycles. The fourth-order valence-corrected chi connectivity index (χ4v) is 3.98. The normalized spacial score (nSPS) is 15.8. The molecule has 2 aromatic carbocycles. The van der Waals surface area contributed by atoms with E-state index in [0.29, 0.717) is 25.9 Å². The smallest absolute Gasteiger partial charge is 0.0719 e. The molecule has 4 rings (SSSR count). The Morgan fingerprint density at radius 3 is 2.62 bits per heavy atom. The maximum absolute atomic E-state index is 5.79. The van der Waals surface area contributed by atoms with Crippen molar-refractivity contribution in [2.45, 2.75) is 25.5 Å². The minimum absolute atomic E-state index is 0.502. The predicted molar refractivity (Wildman–Crippen MR) is 119 cm³/mol. The van der Waals surface area contributed by atoms with Crippen molar-refractivity contribution < 1.29 is 9.47 Å². The molecule has 1 saturated heterocycles. The lowest BCUT2D eigenvalue weighted by atomic mass is 10.0. The quantitative estimate of drug-likeness (QED) is 0.553. The summed E-state index contributed by atoms with van der Waals surface area (Å²) in [6.45, 7) is 4.09. The van der Waals surface area contributed by atoms with Gasteiger partial charge in [-0.2, -0.15) is 0 Å². The van der Waals surface area contributed by atoms with Crippen molar-refractivity contribution in [3.05, 3.63) is 54.1 Å². The van der Waals surface area contributed by atoms with E-state index in [-0.39, 0.29) is 0 Å². The third-order valence-electron chi connectivity index (χ3n) is 5.65. The van der Waals surface area contributed by atoms with E-state index in [1.54, 1.807) is 7.11 Å². The van der Waals surface area contributed by atoms with Gasteiger partial charge >= 0.3 is 0 Å². The van der Waals surface area contributed by atoms with E-state index in [1.165, 1.54) is 40.6 Å². The molecule has 5 heteroatoms. The van der Waals surface area contributed by atoms with Gasteiger partial charge in [-0.15, -0.1) is 0 Å². The van der Waals surface area contributed by atoms with Gasteiger partial charge in [-0.05, 0) is 62.3 Å². The van der Waals surface area contributed by atoms with E-state index in [9.17, 15) is 0 Å². The Morgan fingerprint density at radius 2 is 1.86 bits per heavy atom. The molecule has 0 unspecified atom stereocenters. The zero-order valence-corrected chi connectivity index (χ0v) is 17.4. The number of benzene rings is 2. The van der Waals surface area contributed by atoms with Gasteiger partial charge in [-0.1, -0.05) is 30.3 Å². The second-order valence-electron chi connectivity index (χ2n) is 7.92. The van der Waals surface area contributed by atoms with E-state index in [1.807, 2.05) is 0 Å². The Bertz CT molecular complexity index is 915. The van der Waals surface area contributed by atoms with Crippen LogP contribution in [0.2, 0.25) is 0 Å². The summed E-state index contributed by atoms with van der Waals surface area (Å²) in [6, 6.07) is 17.7. The van der Waals surface area contributed by atoms with E-state index in [0.717, 1.165) is 18.8 Å². The molecular formula is C24H31N3O2. The molecule has 0 amide bonds. The monoisotopic (exact) mass is 393 g/mol. The van der Waals surface area contributed by atoms with E-state index < -0.39 is 0 Å². The van der Waals surface area contributed by atoms with Gasteiger partial charge in [0.05, 0.1) is 31.0 Å². The molecule has 1 fully saturated rings. The average molecular weight is 394 g/mol. The number of ether oxygens (including phenoxy) is 2. The lowest BCUT2D eigenvalue weighted by molar-refractivity contribution is 0.0617. The molecule has 0 spiro atoms. The minimum Gasteiger partial charge on any atom is -0.382 e. The first kappa shape index (κ1) is 20.0. The van der Waals surface area contributed by atoms with Gasteiger partial charge in [0.15, 0.2) is 0 Å². The molecule has 3 aromatic rings. The summed E-state index contributed by atoms with van der Waals surface area (Å²) in [7, 11) is 3.90. The van der Waals surface area contributed by atoms with Gasteiger partial charge < -0.3 is 24.7 Å². The van der Waals surface area contributed by atoms with Crippen LogP contribution in [0.4, 0.5) is 5.69 Å². The molecule has 1 aliphatic rings. The van der Waals surface area contributed by atoms with Crippen molar-refractivity contribution in [2.24, 2.45) is 0 Å². The molecule has 0 aliphatic carbocycles. The van der Waals surface area contributed by atoms with E-state index in [4.69, 9.17) is 9.47 Å². The van der Waals surface area contributed by atoms with Gasteiger partial charge in [0.1, 0.15) is 0 Å². The van der Waals surface area contributed by atoms with Gasteiger partial charge in [-0.25, -0.2) is 0 Å². The van der Waals surface area contributed by atoms with Crippen molar-refractivity contribution in [1.82, 2.24) is 9.88 Å². The number of aromatic nitrogens is 1. The standard InChI is InChI=1S/C24H31N3O2/c1-27-10-8-21(9-11-27)25-23-15-18(17-29-13-12-28-2)14-20-16-22(26-24(20)23)19-6-4-3-5-7-19/h3-7,14-16,21,25-26H,8-13,17H2,1-2H3. The molecule has 29 heavy (non-hydrogen) atoms. The Labute approximate surface area is 173 Å². The Balaban J connectivity index is 1.62. The van der Waals surface area contributed by atoms with Crippen molar-refractivity contribution in [1.29, 1.82) is 0 Å². The van der Waals surface area contributed by atoms with Crippen LogP contribution in [-0.2, 0) is 16.1 Å². The van der Waals surface area contributed by atoms with Gasteiger partial charge in [0.25, 0.3) is 0 Å². The summed E-state index contributed by atoms with van der Waals surface area (Å²) in [5, 5.41) is 5.03. The third kappa shape index (κ3) is 4.99. The van der Waals surface area contributed by atoms with Crippen LogP contribution in [0.3, 0.4) is 0 Å². The first-order valence-corrected chi connectivity index (χ1v) is 10.5. The second-order valence-corrected chi connectivity index (χ2v) is 7.92. The molecule has 0 atom stereocenters. The number of nitrogens with zero attached hydrogens (tertiary/aromatic N) is 1. The fraction of sp³-hybridized carbons (Fsp3) is 0.417. The molecule has 5 nitrogen and oxygen atoms in total. The second kappa shape index (κ2) is 9.44. The Kier molecular flexibility index (Phi) is 6.49. The third-order valence-corrected chi connectivity index (χ3v) is 5.65. The molecular weight excluding hydrogens is 362 g/mol. The van der Waals surface area contributed by atoms with Crippen LogP contribution in [-0.4, -0.2) is 56.4 Å². The molecule has 0 bridgehead atoms. The van der Waals surface area contributed by atoms with Gasteiger partial charge in [0.2, 0.25) is 0 Å². The lowest BCUT2D eigenvalue weighted by Crippen LogP contribution is -2.36. The Hall–Kier alpha value is -2.34. The zero-order valence-electron chi connectivity index (χ0n) is 17.4. The Morgan fingerprint density at radius 1 is 1.07 bits per heavy atom. The van der Waals surface area contributed by atoms with Crippen LogP contribution in [0.5, 0.6) is 0 Å². The summed E-state index contributed by atoms with van der Waals surface area (Å²) < 4.78 is 10.9. The highest BCUT2D eigenvalue weighted by molar-refractivity contribution is 5.95. The van der Waals surface area contributed by atoms with Gasteiger partial charge in [0, 0.05) is 24.2 Å². The number of hydrogen-bond donors (Lipinski definition) is 2. The molecule has 0 radical (unpaired) electrons. The van der Waals surface area contributed by atoms with Crippen molar-refractivity contribution in [2.75, 3.05) is 45.8 Å². The number of piperidine rings is 1. The summed E-state index contributed by atoms with van der Waals surface area (Å²) in [5.74, 6) is 0. The van der Waals surface area contributed by atoms with Gasteiger partial charge in [-0.3, -0.25) is 0 Å². The summed E-state index contributed by atoms with van der Waals surface area (Å²) in [6.07, 6.45) is 2.33. The molecule has 154 valence electrons. The lowest BCUT2D eigenvalue weighted by Gasteiger charge is -2.30. The van der Waals surface area contributed by atoms with Crippen LogP contribution >= 0.6 is 0 Å². The van der Waals surface area contributed by atoms with Crippen molar-refractivity contribution >= 4 is 16.6 Å². The fourth-order valence-electron chi connectivity index (χ4n) is 3.98. The highest BCUT2D eigenvalue weighted by atomic mass is 16.5. The number of fused-ring (bicyclic) bond motifs is 1. The number of hydrogen-bond acceptors (Lipinski definition) is 4. The number of aromatic amines is 1. The number of nitrogens with one attached hydrogen (secondary N) is 2. The molecule has 0 saturated carbocycles. The predicted octanol–water partition coefficient (Wildman–Crippen LogP) is 4.50. The molecule has 2 heterocycles.